The Bertz CT molecular complexity index is 792. The van der Waals surface area contributed by atoms with E-state index < -0.39 is 0 Å². The van der Waals surface area contributed by atoms with E-state index in [4.69, 9.17) is 18.0 Å². The molecule has 1 aromatic heterocycles. The van der Waals surface area contributed by atoms with E-state index in [1.54, 1.807) is 12.1 Å². The van der Waals surface area contributed by atoms with Crippen LogP contribution in [0.2, 0.25) is 0 Å². The lowest BCUT2D eigenvalue weighted by molar-refractivity contribution is 0.474. The summed E-state index contributed by atoms with van der Waals surface area (Å²) in [4.78, 5) is 0.410. The second kappa shape index (κ2) is 4.98. The molecular weight excluding hydrogens is 268 g/mol. The molecule has 1 heterocycles. The summed E-state index contributed by atoms with van der Waals surface area (Å²) in [6.07, 6.45) is 2.03. The van der Waals surface area contributed by atoms with Crippen molar-refractivity contribution in [1.29, 1.82) is 0 Å². The lowest BCUT2D eigenvalue weighted by atomic mass is 10.1. The maximum absolute atomic E-state index is 9.51. The number of hydrogen-bond acceptors (Lipinski definition) is 2. The molecule has 3 rings (SSSR count). The zero-order valence-electron chi connectivity index (χ0n) is 10.8. The fraction of sp³-hybridized carbons (Fsp3) is 0.0625. The van der Waals surface area contributed by atoms with Crippen LogP contribution < -0.4 is 5.73 Å². The van der Waals surface area contributed by atoms with Gasteiger partial charge in [-0.05, 0) is 42.0 Å². The SMILES string of the molecule is NC(=S)c1ccc2c(ccn2Cc2cccc(O)c2)c1. The fourth-order valence-electron chi connectivity index (χ4n) is 2.34. The Balaban J connectivity index is 1.98. The van der Waals surface area contributed by atoms with Gasteiger partial charge in [0.25, 0.3) is 0 Å². The van der Waals surface area contributed by atoms with E-state index in [0.29, 0.717) is 11.5 Å². The Morgan fingerprint density at radius 2 is 2.00 bits per heavy atom. The van der Waals surface area contributed by atoms with Crippen LogP contribution in [0.1, 0.15) is 11.1 Å². The highest BCUT2D eigenvalue weighted by molar-refractivity contribution is 7.80. The van der Waals surface area contributed by atoms with Gasteiger partial charge in [0.15, 0.2) is 0 Å². The lowest BCUT2D eigenvalue weighted by Crippen LogP contribution is -2.08. The number of hydrogen-bond donors (Lipinski definition) is 2. The molecule has 0 atom stereocenters. The topological polar surface area (TPSA) is 51.2 Å². The second-order valence-electron chi connectivity index (χ2n) is 4.75. The molecule has 0 radical (unpaired) electrons. The first-order valence-electron chi connectivity index (χ1n) is 6.30. The molecule has 0 spiro atoms. The molecule has 0 saturated heterocycles. The largest absolute Gasteiger partial charge is 0.508 e. The fourth-order valence-corrected chi connectivity index (χ4v) is 2.47. The number of aromatic hydroxyl groups is 1. The number of benzene rings is 2. The predicted octanol–water partition coefficient (Wildman–Crippen LogP) is 3.03. The maximum Gasteiger partial charge on any atom is 0.115 e. The molecular formula is C16H14N2OS. The first kappa shape index (κ1) is 12.7. The Morgan fingerprint density at radius 3 is 2.75 bits per heavy atom. The smallest absolute Gasteiger partial charge is 0.115 e. The van der Waals surface area contributed by atoms with Crippen LogP contribution in [-0.2, 0) is 6.54 Å². The summed E-state index contributed by atoms with van der Waals surface area (Å²) in [6.45, 7) is 0.713. The first-order valence-corrected chi connectivity index (χ1v) is 6.71. The summed E-state index contributed by atoms with van der Waals surface area (Å²) in [5, 5.41) is 10.6. The predicted molar refractivity (Wildman–Crippen MR) is 85.0 cm³/mol. The van der Waals surface area contributed by atoms with Crippen LogP contribution in [0, 0.1) is 0 Å². The van der Waals surface area contributed by atoms with Gasteiger partial charge in [0, 0.05) is 29.2 Å². The van der Waals surface area contributed by atoms with Crippen molar-refractivity contribution in [2.75, 3.05) is 0 Å². The van der Waals surface area contributed by atoms with E-state index in [0.717, 1.165) is 22.0 Å². The minimum atomic E-state index is 0.287. The van der Waals surface area contributed by atoms with Gasteiger partial charge in [-0.15, -0.1) is 0 Å². The Kier molecular flexibility index (Phi) is 3.16. The Morgan fingerprint density at radius 1 is 1.15 bits per heavy atom. The third kappa shape index (κ3) is 2.38. The molecule has 100 valence electrons. The molecule has 3 N–H and O–H groups in total. The van der Waals surface area contributed by atoms with Crippen LogP contribution >= 0.6 is 12.2 Å². The summed E-state index contributed by atoms with van der Waals surface area (Å²) in [5.41, 5.74) is 8.70. The minimum absolute atomic E-state index is 0.287. The highest BCUT2D eigenvalue weighted by Crippen LogP contribution is 2.20. The van der Waals surface area contributed by atoms with Crippen molar-refractivity contribution < 1.29 is 5.11 Å². The van der Waals surface area contributed by atoms with E-state index >= 15 is 0 Å². The van der Waals surface area contributed by atoms with Crippen molar-refractivity contribution in [1.82, 2.24) is 4.57 Å². The molecule has 0 bridgehead atoms. The van der Waals surface area contributed by atoms with E-state index in [1.165, 1.54) is 0 Å². The van der Waals surface area contributed by atoms with Crippen LogP contribution in [0.5, 0.6) is 5.75 Å². The summed E-state index contributed by atoms with van der Waals surface area (Å²) in [6, 6.07) is 15.3. The zero-order valence-corrected chi connectivity index (χ0v) is 11.6. The molecule has 3 aromatic rings. The zero-order chi connectivity index (χ0) is 14.1. The lowest BCUT2D eigenvalue weighted by Gasteiger charge is -2.07. The van der Waals surface area contributed by atoms with Gasteiger partial charge in [0.05, 0.1) is 0 Å². The van der Waals surface area contributed by atoms with Crippen LogP contribution in [0.3, 0.4) is 0 Å². The Hall–Kier alpha value is -2.33. The van der Waals surface area contributed by atoms with Crippen LogP contribution in [0.25, 0.3) is 10.9 Å². The number of phenols is 1. The highest BCUT2D eigenvalue weighted by atomic mass is 32.1. The van der Waals surface area contributed by atoms with Crippen molar-refractivity contribution in [2.24, 2.45) is 5.73 Å². The van der Waals surface area contributed by atoms with E-state index in [1.807, 2.05) is 42.6 Å². The third-order valence-corrected chi connectivity index (χ3v) is 3.55. The van der Waals surface area contributed by atoms with Gasteiger partial charge in [-0.3, -0.25) is 0 Å². The maximum atomic E-state index is 9.51. The normalized spacial score (nSPS) is 10.8. The minimum Gasteiger partial charge on any atom is -0.508 e. The molecule has 0 unspecified atom stereocenters. The van der Waals surface area contributed by atoms with Crippen molar-refractivity contribution in [3.63, 3.8) is 0 Å². The number of phenolic OH excluding ortho intramolecular Hbond substituents is 1. The number of nitrogens with zero attached hydrogens (tertiary/aromatic N) is 1. The number of rotatable bonds is 3. The van der Waals surface area contributed by atoms with Crippen LogP contribution in [-0.4, -0.2) is 14.7 Å². The molecule has 0 fully saturated rings. The second-order valence-corrected chi connectivity index (χ2v) is 5.19. The van der Waals surface area contributed by atoms with Crippen molar-refractivity contribution in [3.05, 3.63) is 65.9 Å². The quantitative estimate of drug-likeness (QED) is 0.726. The van der Waals surface area contributed by atoms with Crippen molar-refractivity contribution in [3.8, 4) is 5.75 Å². The Labute approximate surface area is 122 Å². The average Bonchev–Trinajstić information content (AvgIpc) is 2.81. The molecule has 20 heavy (non-hydrogen) atoms. The standard InChI is InChI=1S/C16H14N2OS/c17-16(20)13-4-5-15-12(9-13)6-7-18(15)10-11-2-1-3-14(19)8-11/h1-9,19H,10H2,(H2,17,20). The first-order chi connectivity index (χ1) is 9.63. The molecule has 2 aromatic carbocycles. The van der Waals surface area contributed by atoms with Crippen LogP contribution in [0.4, 0.5) is 0 Å². The van der Waals surface area contributed by atoms with Crippen LogP contribution in [0.15, 0.2) is 54.7 Å². The molecule has 4 heteroatoms. The summed E-state index contributed by atoms with van der Waals surface area (Å²) in [7, 11) is 0. The molecule has 3 nitrogen and oxygen atoms in total. The van der Waals surface area contributed by atoms with E-state index in [-0.39, 0.29) is 5.75 Å². The van der Waals surface area contributed by atoms with Crippen molar-refractivity contribution in [2.45, 2.75) is 6.54 Å². The van der Waals surface area contributed by atoms with Gasteiger partial charge in [-0.1, -0.05) is 24.4 Å². The summed E-state index contributed by atoms with van der Waals surface area (Å²) >= 11 is 4.99. The summed E-state index contributed by atoms with van der Waals surface area (Å²) < 4.78 is 2.13. The van der Waals surface area contributed by atoms with Gasteiger partial charge < -0.3 is 15.4 Å². The van der Waals surface area contributed by atoms with Gasteiger partial charge in [-0.2, -0.15) is 0 Å². The van der Waals surface area contributed by atoms with Gasteiger partial charge in [0.1, 0.15) is 10.7 Å². The van der Waals surface area contributed by atoms with Crippen molar-refractivity contribution >= 4 is 28.1 Å². The van der Waals surface area contributed by atoms with E-state index in [2.05, 4.69) is 4.57 Å². The van der Waals surface area contributed by atoms with E-state index in [9.17, 15) is 5.11 Å². The number of thiocarbonyl (C=S) groups is 1. The van der Waals surface area contributed by atoms with Gasteiger partial charge in [-0.25, -0.2) is 0 Å². The monoisotopic (exact) mass is 282 g/mol. The highest BCUT2D eigenvalue weighted by Gasteiger charge is 2.04. The molecule has 0 saturated carbocycles. The molecule has 0 aliphatic heterocycles. The third-order valence-electron chi connectivity index (χ3n) is 3.32. The average molecular weight is 282 g/mol. The molecule has 0 aliphatic rings. The summed E-state index contributed by atoms with van der Waals surface area (Å²) in [5.74, 6) is 0.287. The number of nitrogens with two attached hydrogens (primary N) is 1. The molecule has 0 amide bonds. The number of fused-ring (bicyclic) bond motifs is 1. The molecule has 0 aliphatic carbocycles. The number of aromatic nitrogens is 1. The van der Waals surface area contributed by atoms with Gasteiger partial charge in [0.2, 0.25) is 0 Å². The van der Waals surface area contributed by atoms with Gasteiger partial charge >= 0.3 is 0 Å².